The number of anilines is 2. The largest absolute Gasteiger partial charge is 0.383 e. The molecule has 5 nitrogen and oxygen atoms in total. The molecule has 1 aliphatic heterocycles. The van der Waals surface area contributed by atoms with Crippen molar-refractivity contribution in [2.24, 2.45) is 0 Å². The first kappa shape index (κ1) is 16.6. The van der Waals surface area contributed by atoms with Gasteiger partial charge in [-0.15, -0.1) is 0 Å². The van der Waals surface area contributed by atoms with Gasteiger partial charge >= 0.3 is 0 Å². The van der Waals surface area contributed by atoms with Gasteiger partial charge < -0.3 is 20.3 Å². The third-order valence-electron chi connectivity index (χ3n) is 3.44. The number of morpholine rings is 1. The number of para-hydroxylation sites is 2. The Labute approximate surface area is 133 Å². The lowest BCUT2D eigenvalue weighted by Gasteiger charge is -2.30. The molecule has 1 aromatic rings. The minimum absolute atomic E-state index is 0.0730. The van der Waals surface area contributed by atoms with Gasteiger partial charge in [0, 0.05) is 31.6 Å². The number of hydrogen-bond donors (Lipinski definition) is 2. The van der Waals surface area contributed by atoms with Crippen molar-refractivity contribution in [1.82, 2.24) is 5.32 Å². The minimum Gasteiger partial charge on any atom is -0.383 e. The Hall–Kier alpha value is -1.75. The van der Waals surface area contributed by atoms with Crippen LogP contribution in [-0.2, 0) is 9.53 Å². The molecule has 0 aromatic heterocycles. The maximum Gasteiger partial charge on any atom is 0.222 e. The van der Waals surface area contributed by atoms with Crippen molar-refractivity contribution in [2.75, 3.05) is 43.1 Å². The topological polar surface area (TPSA) is 53.6 Å². The quantitative estimate of drug-likeness (QED) is 0.876. The van der Waals surface area contributed by atoms with Crippen LogP contribution in [0.5, 0.6) is 0 Å². The zero-order valence-corrected chi connectivity index (χ0v) is 13.8. The predicted octanol–water partition coefficient (Wildman–Crippen LogP) is 2.24. The summed E-state index contributed by atoms with van der Waals surface area (Å²) in [5, 5.41) is 6.36. The molecule has 0 atom stereocenters. The highest BCUT2D eigenvalue weighted by Crippen LogP contribution is 2.26. The van der Waals surface area contributed by atoms with Crippen LogP contribution in [0.1, 0.15) is 27.2 Å². The Kier molecular flexibility index (Phi) is 5.66. The molecule has 2 N–H and O–H groups in total. The summed E-state index contributed by atoms with van der Waals surface area (Å²) >= 11 is 0. The van der Waals surface area contributed by atoms with Crippen molar-refractivity contribution in [2.45, 2.75) is 32.7 Å². The lowest BCUT2D eigenvalue weighted by molar-refractivity contribution is -0.122. The Bertz CT molecular complexity index is 491. The van der Waals surface area contributed by atoms with E-state index in [0.717, 1.165) is 32.0 Å². The van der Waals surface area contributed by atoms with Gasteiger partial charge in [-0.2, -0.15) is 0 Å². The third kappa shape index (κ3) is 5.22. The SMILES string of the molecule is CC(C)(C)NC(=O)CCNc1ccccc1N1CCOCC1. The molecule has 1 saturated heterocycles. The molecule has 0 aliphatic carbocycles. The summed E-state index contributed by atoms with van der Waals surface area (Å²) in [6.45, 7) is 9.95. The van der Waals surface area contributed by atoms with Gasteiger partial charge in [0.05, 0.1) is 24.6 Å². The van der Waals surface area contributed by atoms with Gasteiger partial charge in [0.2, 0.25) is 5.91 Å². The summed E-state index contributed by atoms with van der Waals surface area (Å²) in [4.78, 5) is 14.2. The van der Waals surface area contributed by atoms with Gasteiger partial charge in [0.15, 0.2) is 0 Å². The molecule has 1 aliphatic rings. The molecule has 0 saturated carbocycles. The summed E-state index contributed by atoms with van der Waals surface area (Å²) in [5.74, 6) is 0.0730. The number of benzene rings is 1. The molecule has 0 radical (unpaired) electrons. The summed E-state index contributed by atoms with van der Waals surface area (Å²) in [6.07, 6.45) is 0.467. The average molecular weight is 305 g/mol. The zero-order valence-electron chi connectivity index (χ0n) is 13.8. The van der Waals surface area contributed by atoms with E-state index in [1.165, 1.54) is 5.69 Å². The molecule has 0 unspecified atom stereocenters. The smallest absolute Gasteiger partial charge is 0.222 e. The van der Waals surface area contributed by atoms with Crippen molar-refractivity contribution in [3.8, 4) is 0 Å². The highest BCUT2D eigenvalue weighted by molar-refractivity contribution is 5.77. The van der Waals surface area contributed by atoms with E-state index in [9.17, 15) is 4.79 Å². The summed E-state index contributed by atoms with van der Waals surface area (Å²) in [5.41, 5.74) is 2.08. The molecular weight excluding hydrogens is 278 g/mol. The second kappa shape index (κ2) is 7.49. The second-order valence-corrected chi connectivity index (χ2v) is 6.59. The number of hydrogen-bond acceptors (Lipinski definition) is 4. The van der Waals surface area contributed by atoms with E-state index in [2.05, 4.69) is 27.7 Å². The molecule has 1 fully saturated rings. The van der Waals surface area contributed by atoms with Gasteiger partial charge in [-0.3, -0.25) is 4.79 Å². The molecule has 1 amide bonds. The first-order valence-corrected chi connectivity index (χ1v) is 7.92. The Morgan fingerprint density at radius 3 is 2.59 bits per heavy atom. The molecule has 5 heteroatoms. The van der Waals surface area contributed by atoms with Crippen LogP contribution in [0.4, 0.5) is 11.4 Å². The van der Waals surface area contributed by atoms with Crippen molar-refractivity contribution >= 4 is 17.3 Å². The van der Waals surface area contributed by atoms with E-state index < -0.39 is 0 Å². The number of ether oxygens (including phenoxy) is 1. The van der Waals surface area contributed by atoms with E-state index in [0.29, 0.717) is 13.0 Å². The normalized spacial score (nSPS) is 15.5. The molecule has 2 rings (SSSR count). The monoisotopic (exact) mass is 305 g/mol. The van der Waals surface area contributed by atoms with Crippen molar-refractivity contribution < 1.29 is 9.53 Å². The third-order valence-corrected chi connectivity index (χ3v) is 3.44. The molecule has 1 aromatic carbocycles. The van der Waals surface area contributed by atoms with Gasteiger partial charge in [0.25, 0.3) is 0 Å². The standard InChI is InChI=1S/C17H27N3O2/c1-17(2,3)19-16(21)8-9-18-14-6-4-5-7-15(14)20-10-12-22-13-11-20/h4-7,18H,8-13H2,1-3H3,(H,19,21). The zero-order chi connectivity index (χ0) is 16.0. The Morgan fingerprint density at radius 2 is 1.91 bits per heavy atom. The summed E-state index contributed by atoms with van der Waals surface area (Å²) in [6, 6.07) is 8.24. The lowest BCUT2D eigenvalue weighted by Crippen LogP contribution is -2.41. The summed E-state index contributed by atoms with van der Waals surface area (Å²) < 4.78 is 5.41. The van der Waals surface area contributed by atoms with Crippen molar-refractivity contribution in [3.63, 3.8) is 0 Å². The lowest BCUT2D eigenvalue weighted by atomic mass is 10.1. The average Bonchev–Trinajstić information content (AvgIpc) is 2.47. The molecular formula is C17H27N3O2. The number of carbonyl (C=O) groups is 1. The van der Waals surface area contributed by atoms with Crippen molar-refractivity contribution in [3.05, 3.63) is 24.3 Å². The molecule has 122 valence electrons. The number of rotatable bonds is 5. The predicted molar refractivity (Wildman–Crippen MR) is 90.5 cm³/mol. The molecule has 22 heavy (non-hydrogen) atoms. The van der Waals surface area contributed by atoms with E-state index in [4.69, 9.17) is 4.74 Å². The van der Waals surface area contributed by atoms with E-state index in [1.807, 2.05) is 32.9 Å². The van der Waals surface area contributed by atoms with Gasteiger partial charge in [0.1, 0.15) is 0 Å². The maximum absolute atomic E-state index is 11.9. The maximum atomic E-state index is 11.9. The first-order valence-electron chi connectivity index (χ1n) is 7.92. The van der Waals surface area contributed by atoms with Crippen LogP contribution in [0.25, 0.3) is 0 Å². The number of carbonyl (C=O) groups excluding carboxylic acids is 1. The van der Waals surface area contributed by atoms with Crippen LogP contribution < -0.4 is 15.5 Å². The molecule has 0 bridgehead atoms. The van der Waals surface area contributed by atoms with Crippen LogP contribution in [0.15, 0.2) is 24.3 Å². The van der Waals surface area contributed by atoms with Crippen LogP contribution in [0.2, 0.25) is 0 Å². The molecule has 0 spiro atoms. The van der Waals surface area contributed by atoms with E-state index >= 15 is 0 Å². The fraction of sp³-hybridized carbons (Fsp3) is 0.588. The van der Waals surface area contributed by atoms with Gasteiger partial charge in [-0.25, -0.2) is 0 Å². The van der Waals surface area contributed by atoms with E-state index in [-0.39, 0.29) is 11.4 Å². The van der Waals surface area contributed by atoms with Crippen LogP contribution in [0, 0.1) is 0 Å². The number of nitrogens with zero attached hydrogens (tertiary/aromatic N) is 1. The number of nitrogens with one attached hydrogen (secondary N) is 2. The van der Waals surface area contributed by atoms with Crippen molar-refractivity contribution in [1.29, 1.82) is 0 Å². The van der Waals surface area contributed by atoms with Crippen LogP contribution in [-0.4, -0.2) is 44.3 Å². The highest BCUT2D eigenvalue weighted by Gasteiger charge is 2.15. The van der Waals surface area contributed by atoms with Crippen LogP contribution in [0.3, 0.4) is 0 Å². The first-order chi connectivity index (χ1) is 10.5. The number of amides is 1. The Morgan fingerprint density at radius 1 is 1.23 bits per heavy atom. The van der Waals surface area contributed by atoms with Gasteiger partial charge in [-0.1, -0.05) is 12.1 Å². The molecule has 1 heterocycles. The van der Waals surface area contributed by atoms with Crippen LogP contribution >= 0.6 is 0 Å². The van der Waals surface area contributed by atoms with Gasteiger partial charge in [-0.05, 0) is 32.9 Å². The minimum atomic E-state index is -0.178. The Balaban J connectivity index is 1.89. The fourth-order valence-corrected chi connectivity index (χ4v) is 2.49. The second-order valence-electron chi connectivity index (χ2n) is 6.59. The summed E-state index contributed by atoms with van der Waals surface area (Å²) in [7, 11) is 0. The fourth-order valence-electron chi connectivity index (χ4n) is 2.49. The highest BCUT2D eigenvalue weighted by atomic mass is 16.5. The van der Waals surface area contributed by atoms with E-state index in [1.54, 1.807) is 0 Å².